The minimum Gasteiger partial charge on any atom is -0.376 e. The monoisotopic (exact) mass is 226 g/mol. The van der Waals surface area contributed by atoms with Crippen molar-refractivity contribution in [2.24, 2.45) is 5.73 Å². The van der Waals surface area contributed by atoms with Gasteiger partial charge in [-0.2, -0.15) is 0 Å². The maximum absolute atomic E-state index is 6.17. The maximum Gasteiger partial charge on any atom is 0.0642 e. The van der Waals surface area contributed by atoms with Gasteiger partial charge >= 0.3 is 0 Å². The van der Waals surface area contributed by atoms with Crippen LogP contribution in [0.2, 0.25) is 5.02 Å². The number of benzene rings is 1. The number of hydrogen-bond donors (Lipinski definition) is 1. The van der Waals surface area contributed by atoms with Gasteiger partial charge < -0.3 is 10.6 Å². The maximum atomic E-state index is 6.17. The first-order chi connectivity index (χ1) is 7.06. The highest BCUT2D eigenvalue weighted by atomic mass is 35.5. The minimum absolute atomic E-state index is 0.210. The number of anilines is 1. The van der Waals surface area contributed by atoms with E-state index in [1.807, 2.05) is 31.1 Å². The van der Waals surface area contributed by atoms with E-state index in [1.165, 1.54) is 5.56 Å². The van der Waals surface area contributed by atoms with E-state index in [1.54, 1.807) is 0 Å². The van der Waals surface area contributed by atoms with E-state index in [2.05, 4.69) is 13.0 Å². The highest BCUT2D eigenvalue weighted by Crippen LogP contribution is 2.29. The molecule has 0 amide bonds. The summed E-state index contributed by atoms with van der Waals surface area (Å²) in [5, 5.41) is 0.792. The molecule has 0 aliphatic carbocycles. The summed E-state index contributed by atoms with van der Waals surface area (Å²) in [6.07, 6.45) is 1.87. The van der Waals surface area contributed by atoms with Crippen molar-refractivity contribution in [1.82, 2.24) is 0 Å². The molecular weight excluding hydrogens is 208 g/mol. The molecule has 84 valence electrons. The van der Waals surface area contributed by atoms with Crippen LogP contribution < -0.4 is 10.6 Å². The number of para-hydroxylation sites is 1. The Balaban J connectivity index is 3.00. The van der Waals surface area contributed by atoms with E-state index in [0.717, 1.165) is 23.6 Å². The fourth-order valence-electron chi connectivity index (χ4n) is 1.65. The van der Waals surface area contributed by atoms with Crippen LogP contribution in [0, 0.1) is 0 Å². The lowest BCUT2D eigenvalue weighted by Gasteiger charge is -2.20. The Morgan fingerprint density at radius 3 is 2.60 bits per heavy atom. The molecule has 1 atom stereocenters. The van der Waals surface area contributed by atoms with Crippen LogP contribution in [0.5, 0.6) is 0 Å². The Labute approximate surface area is 97.0 Å². The molecule has 2 N–H and O–H groups in total. The topological polar surface area (TPSA) is 29.3 Å². The molecule has 0 saturated heterocycles. The summed E-state index contributed by atoms with van der Waals surface area (Å²) in [5.74, 6) is 0. The molecule has 0 spiro atoms. The third-order valence-corrected chi connectivity index (χ3v) is 2.83. The third-order valence-electron chi connectivity index (χ3n) is 2.52. The first-order valence-electron chi connectivity index (χ1n) is 5.26. The number of nitrogens with zero attached hydrogens (tertiary/aromatic N) is 1. The summed E-state index contributed by atoms with van der Waals surface area (Å²) in [7, 11) is 4.00. The third kappa shape index (κ3) is 3.11. The van der Waals surface area contributed by atoms with Crippen LogP contribution in [0.25, 0.3) is 0 Å². The van der Waals surface area contributed by atoms with Gasteiger partial charge in [0.1, 0.15) is 0 Å². The van der Waals surface area contributed by atoms with Gasteiger partial charge in [0.2, 0.25) is 0 Å². The molecule has 2 nitrogen and oxygen atoms in total. The van der Waals surface area contributed by atoms with Gasteiger partial charge in [-0.25, -0.2) is 0 Å². The van der Waals surface area contributed by atoms with Gasteiger partial charge in [0.15, 0.2) is 0 Å². The van der Waals surface area contributed by atoms with E-state index in [0.29, 0.717) is 0 Å². The standard InChI is InChI=1S/C12H19ClN2/c1-4-10(14)8-9-6-5-7-11(13)12(9)15(2)3/h5-7,10H,4,8,14H2,1-3H3. The van der Waals surface area contributed by atoms with Crippen LogP contribution in [-0.2, 0) is 6.42 Å². The smallest absolute Gasteiger partial charge is 0.0642 e. The molecule has 1 aromatic rings. The van der Waals surface area contributed by atoms with Crippen LogP contribution >= 0.6 is 11.6 Å². The SMILES string of the molecule is CCC(N)Cc1cccc(Cl)c1N(C)C. The Morgan fingerprint density at radius 1 is 1.40 bits per heavy atom. The van der Waals surface area contributed by atoms with E-state index < -0.39 is 0 Å². The molecule has 0 aliphatic heterocycles. The quantitative estimate of drug-likeness (QED) is 0.856. The van der Waals surface area contributed by atoms with E-state index in [4.69, 9.17) is 17.3 Å². The zero-order valence-corrected chi connectivity index (χ0v) is 10.4. The average Bonchev–Trinajstić information content (AvgIpc) is 2.17. The molecule has 0 radical (unpaired) electrons. The normalized spacial score (nSPS) is 12.6. The lowest BCUT2D eigenvalue weighted by Crippen LogP contribution is -2.23. The zero-order valence-electron chi connectivity index (χ0n) is 9.63. The summed E-state index contributed by atoms with van der Waals surface area (Å²) in [4.78, 5) is 2.04. The van der Waals surface area contributed by atoms with Crippen molar-refractivity contribution in [2.45, 2.75) is 25.8 Å². The summed E-state index contributed by atoms with van der Waals surface area (Å²) in [5.41, 5.74) is 8.27. The number of rotatable bonds is 4. The van der Waals surface area contributed by atoms with Gasteiger partial charge in [-0.05, 0) is 24.5 Å². The van der Waals surface area contributed by atoms with Gasteiger partial charge in [0.25, 0.3) is 0 Å². The number of nitrogens with two attached hydrogens (primary N) is 1. The van der Waals surface area contributed by atoms with Gasteiger partial charge in [0.05, 0.1) is 10.7 Å². The van der Waals surface area contributed by atoms with Crippen LogP contribution in [0.3, 0.4) is 0 Å². The highest BCUT2D eigenvalue weighted by molar-refractivity contribution is 6.33. The van der Waals surface area contributed by atoms with Crippen LogP contribution in [-0.4, -0.2) is 20.1 Å². The Hall–Kier alpha value is -0.730. The fourth-order valence-corrected chi connectivity index (χ4v) is 2.02. The second-order valence-electron chi connectivity index (χ2n) is 4.01. The zero-order chi connectivity index (χ0) is 11.4. The van der Waals surface area contributed by atoms with Crippen molar-refractivity contribution < 1.29 is 0 Å². The van der Waals surface area contributed by atoms with E-state index >= 15 is 0 Å². The van der Waals surface area contributed by atoms with Crippen molar-refractivity contribution in [3.63, 3.8) is 0 Å². The number of hydrogen-bond acceptors (Lipinski definition) is 2. The van der Waals surface area contributed by atoms with Crippen molar-refractivity contribution >= 4 is 17.3 Å². The fraction of sp³-hybridized carbons (Fsp3) is 0.500. The van der Waals surface area contributed by atoms with Crippen LogP contribution in [0.15, 0.2) is 18.2 Å². The molecule has 3 heteroatoms. The van der Waals surface area contributed by atoms with Gasteiger partial charge in [-0.15, -0.1) is 0 Å². The largest absolute Gasteiger partial charge is 0.376 e. The highest BCUT2D eigenvalue weighted by Gasteiger charge is 2.11. The van der Waals surface area contributed by atoms with Crippen molar-refractivity contribution in [2.75, 3.05) is 19.0 Å². The van der Waals surface area contributed by atoms with E-state index in [9.17, 15) is 0 Å². The van der Waals surface area contributed by atoms with Gasteiger partial charge in [0, 0.05) is 20.1 Å². The molecular formula is C12H19ClN2. The molecule has 0 bridgehead atoms. The Kier molecular flexibility index (Phi) is 4.43. The molecule has 0 saturated carbocycles. The Bertz CT molecular complexity index is 323. The second kappa shape index (κ2) is 5.38. The number of halogens is 1. The summed E-state index contributed by atoms with van der Waals surface area (Å²) >= 11 is 6.17. The summed E-state index contributed by atoms with van der Waals surface area (Å²) < 4.78 is 0. The lowest BCUT2D eigenvalue weighted by atomic mass is 10.0. The lowest BCUT2D eigenvalue weighted by molar-refractivity contribution is 0.646. The first kappa shape index (κ1) is 12.3. The van der Waals surface area contributed by atoms with Crippen molar-refractivity contribution in [3.8, 4) is 0 Å². The van der Waals surface area contributed by atoms with Gasteiger partial charge in [-0.1, -0.05) is 30.7 Å². The average molecular weight is 227 g/mol. The van der Waals surface area contributed by atoms with Crippen molar-refractivity contribution in [3.05, 3.63) is 28.8 Å². The second-order valence-corrected chi connectivity index (χ2v) is 4.42. The molecule has 0 aliphatic rings. The predicted molar refractivity (Wildman–Crippen MR) is 67.7 cm³/mol. The summed E-state index contributed by atoms with van der Waals surface area (Å²) in [6, 6.07) is 6.20. The van der Waals surface area contributed by atoms with E-state index in [-0.39, 0.29) is 6.04 Å². The van der Waals surface area contributed by atoms with Crippen molar-refractivity contribution in [1.29, 1.82) is 0 Å². The summed E-state index contributed by atoms with van der Waals surface area (Å²) in [6.45, 7) is 2.10. The van der Waals surface area contributed by atoms with Crippen LogP contribution in [0.4, 0.5) is 5.69 Å². The molecule has 15 heavy (non-hydrogen) atoms. The molecule has 0 fully saturated rings. The molecule has 1 aromatic carbocycles. The minimum atomic E-state index is 0.210. The molecule has 0 aromatic heterocycles. The van der Waals surface area contributed by atoms with Crippen LogP contribution in [0.1, 0.15) is 18.9 Å². The Morgan fingerprint density at radius 2 is 2.07 bits per heavy atom. The predicted octanol–water partition coefficient (Wildman–Crippen LogP) is 2.69. The van der Waals surface area contributed by atoms with Gasteiger partial charge in [-0.3, -0.25) is 0 Å². The molecule has 0 heterocycles. The molecule has 1 rings (SSSR count). The first-order valence-corrected chi connectivity index (χ1v) is 5.64. The molecule has 1 unspecified atom stereocenters.